The van der Waals surface area contributed by atoms with E-state index in [-0.39, 0.29) is 0 Å². The molecule has 1 saturated heterocycles. The highest BCUT2D eigenvalue weighted by molar-refractivity contribution is 7.95. The topological polar surface area (TPSA) is 37.4 Å². The standard InChI is InChI=1S/C16H21NO2S/c1-13-7-6-8-16-15(13)11-14(20(16,18)19)12-17-9-4-2-3-5-10-17/h6-8,11H,2-5,9-10,12H2,1H3. The van der Waals surface area contributed by atoms with Crippen molar-refractivity contribution in [3.8, 4) is 0 Å². The lowest BCUT2D eigenvalue weighted by atomic mass is 10.1. The Labute approximate surface area is 121 Å². The normalized spacial score (nSPS) is 22.1. The van der Waals surface area contributed by atoms with Gasteiger partial charge in [-0.15, -0.1) is 0 Å². The quantitative estimate of drug-likeness (QED) is 0.840. The van der Waals surface area contributed by atoms with Crippen LogP contribution in [-0.4, -0.2) is 33.0 Å². The van der Waals surface area contributed by atoms with Crippen molar-refractivity contribution >= 4 is 15.9 Å². The molecule has 2 aliphatic rings. The maximum absolute atomic E-state index is 12.6. The van der Waals surface area contributed by atoms with Crippen LogP contribution in [0.4, 0.5) is 0 Å². The highest BCUT2D eigenvalue weighted by atomic mass is 32.2. The molecule has 2 heterocycles. The molecule has 0 N–H and O–H groups in total. The number of hydrogen-bond donors (Lipinski definition) is 0. The molecular formula is C16H21NO2S. The minimum Gasteiger partial charge on any atom is -0.298 e. The lowest BCUT2D eigenvalue weighted by Crippen LogP contribution is -2.28. The first-order valence-corrected chi connectivity index (χ1v) is 8.85. The van der Waals surface area contributed by atoms with Crippen LogP contribution in [0.25, 0.3) is 6.08 Å². The number of likely N-dealkylation sites (tertiary alicyclic amines) is 1. The fourth-order valence-corrected chi connectivity index (χ4v) is 4.77. The average Bonchev–Trinajstić information content (AvgIpc) is 2.60. The number of aryl methyl sites for hydroxylation is 1. The highest BCUT2D eigenvalue weighted by Crippen LogP contribution is 2.35. The third-order valence-electron chi connectivity index (χ3n) is 4.30. The Bertz CT molecular complexity index is 638. The molecule has 1 fully saturated rings. The summed E-state index contributed by atoms with van der Waals surface area (Å²) in [6, 6.07) is 5.53. The lowest BCUT2D eigenvalue weighted by Gasteiger charge is -2.19. The van der Waals surface area contributed by atoms with E-state index in [0.29, 0.717) is 16.3 Å². The van der Waals surface area contributed by atoms with Gasteiger partial charge in [-0.2, -0.15) is 0 Å². The SMILES string of the molecule is Cc1cccc2c1C=C(CN1CCCCCC1)S2(=O)=O. The molecule has 3 nitrogen and oxygen atoms in total. The van der Waals surface area contributed by atoms with Crippen molar-refractivity contribution in [3.63, 3.8) is 0 Å². The first kappa shape index (κ1) is 13.8. The minimum atomic E-state index is -3.26. The van der Waals surface area contributed by atoms with Crippen LogP contribution >= 0.6 is 0 Å². The summed E-state index contributed by atoms with van der Waals surface area (Å²) in [5.74, 6) is 0. The van der Waals surface area contributed by atoms with E-state index in [1.807, 2.05) is 25.1 Å². The fraction of sp³-hybridized carbons (Fsp3) is 0.500. The van der Waals surface area contributed by atoms with Gasteiger partial charge >= 0.3 is 0 Å². The van der Waals surface area contributed by atoms with E-state index >= 15 is 0 Å². The number of hydrogen-bond acceptors (Lipinski definition) is 3. The molecule has 0 aliphatic carbocycles. The number of fused-ring (bicyclic) bond motifs is 1. The lowest BCUT2D eigenvalue weighted by molar-refractivity contribution is 0.313. The van der Waals surface area contributed by atoms with Crippen molar-refractivity contribution < 1.29 is 8.42 Å². The monoisotopic (exact) mass is 291 g/mol. The Hall–Kier alpha value is -1.13. The smallest absolute Gasteiger partial charge is 0.204 e. The third-order valence-corrected chi connectivity index (χ3v) is 6.17. The van der Waals surface area contributed by atoms with Crippen LogP contribution in [0.2, 0.25) is 0 Å². The van der Waals surface area contributed by atoms with Crippen molar-refractivity contribution in [1.82, 2.24) is 4.90 Å². The van der Waals surface area contributed by atoms with Crippen molar-refractivity contribution in [2.24, 2.45) is 0 Å². The van der Waals surface area contributed by atoms with Crippen LogP contribution in [0.15, 0.2) is 28.0 Å². The second kappa shape index (κ2) is 5.34. The van der Waals surface area contributed by atoms with E-state index in [1.54, 1.807) is 6.07 Å². The molecule has 0 bridgehead atoms. The number of nitrogens with zero attached hydrogens (tertiary/aromatic N) is 1. The predicted octanol–water partition coefficient (Wildman–Crippen LogP) is 3.00. The number of rotatable bonds is 2. The third kappa shape index (κ3) is 2.42. The molecule has 2 aliphatic heterocycles. The van der Waals surface area contributed by atoms with Crippen LogP contribution < -0.4 is 0 Å². The van der Waals surface area contributed by atoms with E-state index in [2.05, 4.69) is 4.90 Å². The van der Waals surface area contributed by atoms with Crippen molar-refractivity contribution in [2.75, 3.05) is 19.6 Å². The Morgan fingerprint density at radius 2 is 1.80 bits per heavy atom. The first-order valence-electron chi connectivity index (χ1n) is 7.37. The zero-order valence-electron chi connectivity index (χ0n) is 11.9. The average molecular weight is 291 g/mol. The van der Waals surface area contributed by atoms with Crippen LogP contribution in [0.1, 0.15) is 36.8 Å². The van der Waals surface area contributed by atoms with Crippen LogP contribution in [0.5, 0.6) is 0 Å². The molecule has 0 unspecified atom stereocenters. The van der Waals surface area contributed by atoms with E-state index in [0.717, 1.165) is 24.2 Å². The van der Waals surface area contributed by atoms with E-state index in [4.69, 9.17) is 0 Å². The molecule has 4 heteroatoms. The molecule has 1 aromatic carbocycles. The van der Waals surface area contributed by atoms with Gasteiger partial charge in [-0.05, 0) is 56.1 Å². The molecule has 3 rings (SSSR count). The van der Waals surface area contributed by atoms with Gasteiger partial charge in [0.25, 0.3) is 0 Å². The maximum atomic E-state index is 12.6. The Morgan fingerprint density at radius 3 is 2.45 bits per heavy atom. The van der Waals surface area contributed by atoms with E-state index in [1.165, 1.54) is 25.7 Å². The van der Waals surface area contributed by atoms with Gasteiger partial charge in [0.15, 0.2) is 0 Å². The van der Waals surface area contributed by atoms with Crippen LogP contribution in [0, 0.1) is 6.92 Å². The van der Waals surface area contributed by atoms with Gasteiger partial charge < -0.3 is 0 Å². The Morgan fingerprint density at radius 1 is 1.10 bits per heavy atom. The molecule has 0 saturated carbocycles. The molecule has 108 valence electrons. The van der Waals surface area contributed by atoms with Crippen LogP contribution in [-0.2, 0) is 9.84 Å². The summed E-state index contributed by atoms with van der Waals surface area (Å²) in [6.07, 6.45) is 6.77. The van der Waals surface area contributed by atoms with Gasteiger partial charge in [-0.1, -0.05) is 25.0 Å². The zero-order chi connectivity index (χ0) is 14.2. The molecule has 0 spiro atoms. The van der Waals surface area contributed by atoms with Gasteiger partial charge in [0, 0.05) is 6.54 Å². The van der Waals surface area contributed by atoms with Gasteiger partial charge in [-0.25, -0.2) is 8.42 Å². The Balaban J connectivity index is 1.88. The summed E-state index contributed by atoms with van der Waals surface area (Å²) in [7, 11) is -3.26. The van der Waals surface area contributed by atoms with Crippen molar-refractivity contribution in [2.45, 2.75) is 37.5 Å². The summed E-state index contributed by atoms with van der Waals surface area (Å²) in [5.41, 5.74) is 1.93. The van der Waals surface area contributed by atoms with Crippen LogP contribution in [0.3, 0.4) is 0 Å². The van der Waals surface area contributed by atoms with E-state index < -0.39 is 9.84 Å². The summed E-state index contributed by atoms with van der Waals surface area (Å²) in [4.78, 5) is 3.35. The first-order chi connectivity index (χ1) is 9.59. The molecule has 0 atom stereocenters. The molecule has 0 aromatic heterocycles. The zero-order valence-corrected chi connectivity index (χ0v) is 12.7. The summed E-state index contributed by atoms with van der Waals surface area (Å²) < 4.78 is 25.2. The molecule has 0 amide bonds. The number of benzene rings is 1. The van der Waals surface area contributed by atoms with Crippen molar-refractivity contribution in [1.29, 1.82) is 0 Å². The predicted molar refractivity (Wildman–Crippen MR) is 81.2 cm³/mol. The largest absolute Gasteiger partial charge is 0.298 e. The maximum Gasteiger partial charge on any atom is 0.204 e. The minimum absolute atomic E-state index is 0.488. The summed E-state index contributed by atoms with van der Waals surface area (Å²) in [6.45, 7) is 4.57. The van der Waals surface area contributed by atoms with Gasteiger partial charge in [0.05, 0.1) is 9.80 Å². The highest BCUT2D eigenvalue weighted by Gasteiger charge is 2.31. The molecule has 20 heavy (non-hydrogen) atoms. The molecular weight excluding hydrogens is 270 g/mol. The van der Waals surface area contributed by atoms with Crippen molar-refractivity contribution in [3.05, 3.63) is 34.2 Å². The number of sulfone groups is 1. The van der Waals surface area contributed by atoms with Gasteiger partial charge in [0.1, 0.15) is 0 Å². The van der Waals surface area contributed by atoms with Gasteiger partial charge in [-0.3, -0.25) is 4.90 Å². The summed E-state index contributed by atoms with van der Waals surface area (Å²) >= 11 is 0. The van der Waals surface area contributed by atoms with E-state index in [9.17, 15) is 8.42 Å². The summed E-state index contributed by atoms with van der Waals surface area (Å²) in [5, 5.41) is 0. The molecule has 1 aromatic rings. The second-order valence-corrected chi connectivity index (χ2v) is 7.76. The second-order valence-electron chi connectivity index (χ2n) is 5.79. The Kier molecular flexibility index (Phi) is 3.69. The fourth-order valence-electron chi connectivity index (χ4n) is 3.10. The molecule has 0 radical (unpaired) electrons. The van der Waals surface area contributed by atoms with Gasteiger partial charge in [0.2, 0.25) is 9.84 Å².